The second-order valence-electron chi connectivity index (χ2n) is 11.6. The highest BCUT2D eigenvalue weighted by molar-refractivity contribution is 8.27. The van der Waals surface area contributed by atoms with Crippen LogP contribution in [0.2, 0.25) is 0 Å². The zero-order valence-corrected chi connectivity index (χ0v) is 27.9. The summed E-state index contributed by atoms with van der Waals surface area (Å²) in [6.07, 6.45) is 20.8. The van der Waals surface area contributed by atoms with E-state index in [2.05, 4.69) is 56.3 Å². The molecule has 3 aromatic carbocycles. The third-order valence-corrected chi connectivity index (χ3v) is 12.9. The van der Waals surface area contributed by atoms with E-state index >= 15 is 0 Å². The molecule has 232 valence electrons. The fourth-order valence-electron chi connectivity index (χ4n) is 5.94. The second kappa shape index (κ2) is 19.6. The SMILES string of the molecule is CCCCCCCCCCc1ccc(S(c2ccccc2)=P(O)(O)O)c(CCCCCCCCC)c1-c1ccccc1. The van der Waals surface area contributed by atoms with E-state index in [0.29, 0.717) is 0 Å². The first-order valence-corrected chi connectivity index (χ1v) is 20.0. The first-order valence-electron chi connectivity index (χ1n) is 16.5. The van der Waals surface area contributed by atoms with E-state index in [-0.39, 0.29) is 0 Å². The summed E-state index contributed by atoms with van der Waals surface area (Å²) >= 11 is 0. The van der Waals surface area contributed by atoms with Crippen molar-refractivity contribution in [3.05, 3.63) is 83.9 Å². The molecule has 3 rings (SSSR count). The standard InChI is InChI=1S/C37H55O3PS/c1-3-5-7-9-11-13-14-18-26-33-30-31-36(42(41(38,39)40)34-27-21-17-22-28-34)35(29-23-15-12-10-8-6-4-2)37(33)32-24-19-16-20-25-32/h16-17,19-22,24-25,27-28,30-31,38-40H,3-15,18,23,26,29H2,1-2H3. The quantitative estimate of drug-likeness (QED) is 0.0881. The minimum absolute atomic E-state index is 0.772. The third-order valence-electron chi connectivity index (χ3n) is 8.17. The molecule has 0 fully saturated rings. The van der Waals surface area contributed by atoms with Crippen molar-refractivity contribution < 1.29 is 14.7 Å². The van der Waals surface area contributed by atoms with E-state index < -0.39 is 16.8 Å². The van der Waals surface area contributed by atoms with Gasteiger partial charge in [-0.3, -0.25) is 0 Å². The first kappa shape index (κ1) is 34.8. The van der Waals surface area contributed by atoms with E-state index in [9.17, 15) is 14.7 Å². The Bertz CT molecular complexity index is 1210. The average Bonchev–Trinajstić information content (AvgIpc) is 2.99. The smallest absolute Gasteiger partial charge is 0.286 e. The monoisotopic (exact) mass is 610 g/mol. The molecule has 0 radical (unpaired) electrons. The summed E-state index contributed by atoms with van der Waals surface area (Å²) in [6.45, 7) is 0.326. The van der Waals surface area contributed by atoms with Crippen LogP contribution in [0.1, 0.15) is 121 Å². The lowest BCUT2D eigenvalue weighted by atomic mass is 9.89. The summed E-state index contributed by atoms with van der Waals surface area (Å²) < 4.78 is 0. The molecule has 0 bridgehead atoms. The predicted molar refractivity (Wildman–Crippen MR) is 184 cm³/mol. The highest BCUT2D eigenvalue weighted by Crippen LogP contribution is 2.46. The van der Waals surface area contributed by atoms with Gasteiger partial charge in [0, 0.05) is 9.79 Å². The number of hydrogen-bond acceptors (Lipinski definition) is 0. The lowest BCUT2D eigenvalue weighted by molar-refractivity contribution is 0.362. The molecular formula is C37H55O3PS. The van der Waals surface area contributed by atoms with Crippen LogP contribution < -0.4 is 0 Å². The van der Waals surface area contributed by atoms with Crippen molar-refractivity contribution in [1.82, 2.24) is 0 Å². The Balaban J connectivity index is 1.98. The zero-order chi connectivity index (χ0) is 30.0. The first-order chi connectivity index (χ1) is 20.5. The summed E-state index contributed by atoms with van der Waals surface area (Å²) in [6, 6.07) is 24.5. The number of rotatable bonds is 20. The molecular weight excluding hydrogens is 555 g/mol. The Labute approximate surface area is 258 Å². The van der Waals surface area contributed by atoms with E-state index in [1.165, 1.54) is 99.3 Å². The lowest BCUT2D eigenvalue weighted by Crippen LogP contribution is -2.06. The Hall–Kier alpha value is -1.68. The number of hydrogen-bond donors (Lipinski definition) is 3. The Morgan fingerprint density at radius 3 is 1.52 bits per heavy atom. The van der Waals surface area contributed by atoms with Crippen molar-refractivity contribution in [2.24, 2.45) is 0 Å². The fourth-order valence-corrected chi connectivity index (χ4v) is 10.3. The van der Waals surface area contributed by atoms with Crippen LogP contribution in [0.15, 0.2) is 82.6 Å². The Kier molecular flexibility index (Phi) is 16.2. The van der Waals surface area contributed by atoms with Crippen LogP contribution >= 0.6 is 6.72 Å². The Morgan fingerprint density at radius 1 is 0.524 bits per heavy atom. The normalized spacial score (nSPS) is 12.5. The van der Waals surface area contributed by atoms with Gasteiger partial charge in [0.2, 0.25) is 0 Å². The summed E-state index contributed by atoms with van der Waals surface area (Å²) in [5.74, 6) is 0. The van der Waals surface area contributed by atoms with Crippen molar-refractivity contribution in [3.63, 3.8) is 0 Å². The van der Waals surface area contributed by atoms with Crippen LogP contribution in [0, 0.1) is 0 Å². The lowest BCUT2D eigenvalue weighted by Gasteiger charge is -2.24. The van der Waals surface area contributed by atoms with Gasteiger partial charge < -0.3 is 14.7 Å². The average molecular weight is 611 g/mol. The van der Waals surface area contributed by atoms with Crippen molar-refractivity contribution in [3.8, 4) is 11.1 Å². The van der Waals surface area contributed by atoms with Gasteiger partial charge >= 0.3 is 0 Å². The zero-order valence-electron chi connectivity index (χ0n) is 26.1. The van der Waals surface area contributed by atoms with Gasteiger partial charge in [-0.2, -0.15) is 0 Å². The topological polar surface area (TPSA) is 60.7 Å². The maximum atomic E-state index is 10.8. The van der Waals surface area contributed by atoms with Crippen LogP contribution in [-0.4, -0.2) is 14.7 Å². The highest BCUT2D eigenvalue weighted by Gasteiger charge is 2.23. The molecule has 1 unspecified atom stereocenters. The highest BCUT2D eigenvalue weighted by atomic mass is 32.5. The van der Waals surface area contributed by atoms with Gasteiger partial charge in [0.25, 0.3) is 6.72 Å². The minimum atomic E-state index is -4.19. The molecule has 0 heterocycles. The van der Waals surface area contributed by atoms with Crippen molar-refractivity contribution >= 4 is 16.8 Å². The van der Waals surface area contributed by atoms with Crippen molar-refractivity contribution in [2.75, 3.05) is 0 Å². The summed E-state index contributed by atoms with van der Waals surface area (Å²) in [5.41, 5.74) is 4.94. The van der Waals surface area contributed by atoms with Crippen molar-refractivity contribution in [1.29, 1.82) is 0 Å². The number of benzene rings is 3. The maximum Gasteiger partial charge on any atom is 0.286 e. The van der Waals surface area contributed by atoms with E-state index in [1.807, 2.05) is 30.3 Å². The molecule has 0 spiro atoms. The fraction of sp³-hybridized carbons (Fsp3) is 0.514. The minimum Gasteiger partial charge on any atom is -0.328 e. The Morgan fingerprint density at radius 2 is 1.00 bits per heavy atom. The number of unbranched alkanes of at least 4 members (excludes halogenated alkanes) is 13. The molecule has 42 heavy (non-hydrogen) atoms. The summed E-state index contributed by atoms with van der Waals surface area (Å²) in [4.78, 5) is 34.2. The van der Waals surface area contributed by atoms with Gasteiger partial charge in [0.05, 0.1) is 0 Å². The van der Waals surface area contributed by atoms with Gasteiger partial charge in [0.15, 0.2) is 0 Å². The maximum absolute atomic E-state index is 10.8. The van der Waals surface area contributed by atoms with Crippen LogP contribution in [0.5, 0.6) is 0 Å². The molecule has 0 aliphatic rings. The molecule has 0 saturated heterocycles. The molecule has 0 aliphatic carbocycles. The molecule has 5 heteroatoms. The van der Waals surface area contributed by atoms with Gasteiger partial charge in [-0.15, -0.1) is 0 Å². The molecule has 1 atom stereocenters. The van der Waals surface area contributed by atoms with Gasteiger partial charge in [0.1, 0.15) is 0 Å². The molecule has 0 amide bonds. The molecule has 3 nitrogen and oxygen atoms in total. The van der Waals surface area contributed by atoms with Crippen LogP contribution in [0.4, 0.5) is 0 Å². The van der Waals surface area contributed by atoms with Gasteiger partial charge in [-0.25, -0.2) is 0 Å². The number of aryl methyl sites for hydroxylation is 1. The summed E-state index contributed by atoms with van der Waals surface area (Å²) in [7, 11) is -1.22. The third kappa shape index (κ3) is 11.4. The molecule has 0 aromatic heterocycles. The molecule has 3 N–H and O–H groups in total. The van der Waals surface area contributed by atoms with E-state index in [1.54, 1.807) is 0 Å². The van der Waals surface area contributed by atoms with Gasteiger partial charge in [-0.05, 0) is 66.1 Å². The molecule has 0 aliphatic heterocycles. The molecule has 3 aromatic rings. The predicted octanol–water partition coefficient (Wildman–Crippen LogP) is 11.0. The second-order valence-corrected chi connectivity index (χ2v) is 16.7. The van der Waals surface area contributed by atoms with Crippen LogP contribution in [0.3, 0.4) is 0 Å². The van der Waals surface area contributed by atoms with E-state index in [4.69, 9.17) is 0 Å². The van der Waals surface area contributed by atoms with E-state index in [0.717, 1.165) is 41.9 Å². The summed E-state index contributed by atoms with van der Waals surface area (Å²) in [5, 5.41) is 0. The van der Waals surface area contributed by atoms with Gasteiger partial charge in [-0.1, -0.05) is 162 Å². The largest absolute Gasteiger partial charge is 0.328 e. The molecule has 0 saturated carbocycles. The van der Waals surface area contributed by atoms with Crippen molar-refractivity contribution in [2.45, 2.75) is 133 Å². The van der Waals surface area contributed by atoms with Crippen LogP contribution in [0.25, 0.3) is 11.1 Å². The van der Waals surface area contributed by atoms with Crippen LogP contribution in [-0.2, 0) is 22.9 Å².